The Bertz CT molecular complexity index is 536. The number of benzene rings is 1. The van der Waals surface area contributed by atoms with Gasteiger partial charge in [-0.3, -0.25) is 15.5 Å². The molecule has 1 atom stereocenters. The van der Waals surface area contributed by atoms with Crippen molar-refractivity contribution >= 4 is 23.1 Å². The third-order valence-electron chi connectivity index (χ3n) is 2.29. The van der Waals surface area contributed by atoms with E-state index in [4.69, 9.17) is 27.5 Å². The summed E-state index contributed by atoms with van der Waals surface area (Å²) in [7, 11) is 0. The van der Waals surface area contributed by atoms with Crippen LogP contribution in [-0.4, -0.2) is 23.5 Å². The first-order valence-corrected chi connectivity index (χ1v) is 5.48. The third-order valence-corrected chi connectivity index (χ3v) is 2.53. The van der Waals surface area contributed by atoms with Gasteiger partial charge in [-0.05, 0) is 12.1 Å². The molecule has 10 heteroatoms. The molecule has 0 radical (unpaired) electrons. The lowest BCUT2D eigenvalue weighted by molar-refractivity contribution is -0.386. The summed E-state index contributed by atoms with van der Waals surface area (Å²) in [5, 5.41) is 17.6. The molecule has 0 amide bonds. The van der Waals surface area contributed by atoms with E-state index in [2.05, 4.69) is 0 Å². The Kier molecular flexibility index (Phi) is 4.77. The molecule has 1 aromatic carbocycles. The smallest absolute Gasteiger partial charge is 0.401 e. The molecule has 0 saturated carbocycles. The van der Waals surface area contributed by atoms with E-state index in [9.17, 15) is 23.3 Å². The number of rotatable bonds is 5. The normalized spacial score (nSPS) is 12.8. The fourth-order valence-electron chi connectivity index (χ4n) is 1.29. The Morgan fingerprint density at radius 1 is 1.55 bits per heavy atom. The maximum atomic E-state index is 12.5. The monoisotopic (exact) mass is 311 g/mol. The summed E-state index contributed by atoms with van der Waals surface area (Å²) < 4.78 is 42.4. The van der Waals surface area contributed by atoms with Gasteiger partial charge in [0.2, 0.25) is 0 Å². The molecule has 110 valence electrons. The maximum absolute atomic E-state index is 12.5. The van der Waals surface area contributed by atoms with Crippen LogP contribution in [0.15, 0.2) is 18.2 Å². The van der Waals surface area contributed by atoms with Crippen LogP contribution >= 0.6 is 11.6 Å². The van der Waals surface area contributed by atoms with Crippen LogP contribution < -0.4 is 10.5 Å². The van der Waals surface area contributed by atoms with E-state index in [1.807, 2.05) is 0 Å². The van der Waals surface area contributed by atoms with E-state index in [1.165, 1.54) is 6.07 Å². The number of nitrogens with zero attached hydrogens (tertiary/aromatic N) is 1. The molecule has 3 N–H and O–H groups in total. The number of amidine groups is 1. The van der Waals surface area contributed by atoms with Crippen LogP contribution in [0.3, 0.4) is 0 Å². The van der Waals surface area contributed by atoms with Gasteiger partial charge in [-0.15, -0.1) is 0 Å². The van der Waals surface area contributed by atoms with Crippen LogP contribution in [0.4, 0.5) is 18.9 Å². The van der Waals surface area contributed by atoms with Gasteiger partial charge in [-0.25, -0.2) is 0 Å². The number of alkyl halides is 3. The van der Waals surface area contributed by atoms with Crippen LogP contribution in [0, 0.1) is 21.4 Å². The zero-order valence-electron chi connectivity index (χ0n) is 9.78. The van der Waals surface area contributed by atoms with E-state index in [-0.39, 0.29) is 10.8 Å². The van der Waals surface area contributed by atoms with Crippen molar-refractivity contribution in [3.8, 4) is 5.75 Å². The van der Waals surface area contributed by atoms with Gasteiger partial charge >= 0.3 is 11.9 Å². The molecule has 0 aliphatic heterocycles. The van der Waals surface area contributed by atoms with Crippen molar-refractivity contribution in [1.82, 2.24) is 0 Å². The number of ether oxygens (including phenoxy) is 1. The number of nitrogens with two attached hydrogens (primary N) is 1. The minimum atomic E-state index is -4.77. The average molecular weight is 312 g/mol. The lowest BCUT2D eigenvalue weighted by atomic mass is 10.1. The van der Waals surface area contributed by atoms with Crippen LogP contribution in [0.2, 0.25) is 5.02 Å². The van der Waals surface area contributed by atoms with E-state index in [1.54, 1.807) is 0 Å². The van der Waals surface area contributed by atoms with Gasteiger partial charge in [-0.2, -0.15) is 13.2 Å². The van der Waals surface area contributed by atoms with Crippen molar-refractivity contribution in [2.24, 2.45) is 11.7 Å². The number of nitro benzene ring substituents is 1. The number of nitrogens with one attached hydrogen (secondary N) is 1. The van der Waals surface area contributed by atoms with Gasteiger partial charge in [0, 0.05) is 11.1 Å². The van der Waals surface area contributed by atoms with E-state index >= 15 is 0 Å². The molecule has 1 rings (SSSR count). The second kappa shape index (κ2) is 5.95. The van der Waals surface area contributed by atoms with Crippen LogP contribution in [-0.2, 0) is 0 Å². The predicted molar refractivity (Wildman–Crippen MR) is 65.1 cm³/mol. The molecule has 0 aliphatic carbocycles. The predicted octanol–water partition coefficient (Wildman–Crippen LogP) is 2.74. The first-order valence-electron chi connectivity index (χ1n) is 5.10. The SMILES string of the molecule is N=C(N)C(COc1ccc(Cl)cc1[N+](=O)[O-])C(F)(F)F. The topological polar surface area (TPSA) is 102 Å². The number of halogens is 4. The second-order valence-corrected chi connectivity index (χ2v) is 4.17. The molecule has 0 aliphatic rings. The fraction of sp³-hybridized carbons (Fsp3) is 0.300. The highest BCUT2D eigenvalue weighted by Gasteiger charge is 2.42. The summed E-state index contributed by atoms with van der Waals surface area (Å²) in [6.45, 7) is -1.03. The Balaban J connectivity index is 2.94. The van der Waals surface area contributed by atoms with Gasteiger partial charge in [-0.1, -0.05) is 11.6 Å². The molecule has 0 fully saturated rings. The maximum Gasteiger partial charge on any atom is 0.401 e. The molecule has 20 heavy (non-hydrogen) atoms. The van der Waals surface area contributed by atoms with Gasteiger partial charge in [0.15, 0.2) is 5.75 Å². The Morgan fingerprint density at radius 3 is 2.60 bits per heavy atom. The van der Waals surface area contributed by atoms with Crippen molar-refractivity contribution < 1.29 is 22.8 Å². The Labute approximate surface area is 115 Å². The van der Waals surface area contributed by atoms with Crippen LogP contribution in [0.25, 0.3) is 0 Å². The fourth-order valence-corrected chi connectivity index (χ4v) is 1.46. The van der Waals surface area contributed by atoms with Crippen molar-refractivity contribution in [2.75, 3.05) is 6.61 Å². The molecule has 0 aromatic heterocycles. The largest absolute Gasteiger partial charge is 0.486 e. The van der Waals surface area contributed by atoms with Crippen LogP contribution in [0.5, 0.6) is 5.75 Å². The molecular weight excluding hydrogens is 303 g/mol. The van der Waals surface area contributed by atoms with Crippen molar-refractivity contribution in [2.45, 2.75) is 6.18 Å². The van der Waals surface area contributed by atoms with Gasteiger partial charge in [0.05, 0.1) is 4.92 Å². The van der Waals surface area contributed by atoms with Gasteiger partial charge in [0.1, 0.15) is 18.4 Å². The second-order valence-electron chi connectivity index (χ2n) is 3.73. The summed E-state index contributed by atoms with van der Waals surface area (Å²) in [6, 6.07) is 3.27. The molecule has 6 nitrogen and oxygen atoms in total. The minimum Gasteiger partial charge on any atom is -0.486 e. The van der Waals surface area contributed by atoms with E-state index in [0.29, 0.717) is 0 Å². The molecule has 0 spiro atoms. The molecule has 0 bridgehead atoms. The standard InChI is InChI=1S/C10H9ClF3N3O3/c11-5-1-2-8(7(3-5)17(18)19)20-4-6(9(15)16)10(12,13)14/h1-3,6H,4H2,(H3,15,16). The lowest BCUT2D eigenvalue weighted by Crippen LogP contribution is -2.39. The summed E-state index contributed by atoms with van der Waals surface area (Å²) in [5.41, 5.74) is 4.27. The van der Waals surface area contributed by atoms with Gasteiger partial charge in [0.25, 0.3) is 0 Å². The highest BCUT2D eigenvalue weighted by Crippen LogP contribution is 2.32. The third kappa shape index (κ3) is 3.98. The summed E-state index contributed by atoms with van der Waals surface area (Å²) in [5.74, 6) is -3.85. The van der Waals surface area contributed by atoms with Crippen molar-refractivity contribution in [3.05, 3.63) is 33.3 Å². The molecular formula is C10H9ClF3N3O3. The highest BCUT2D eigenvalue weighted by molar-refractivity contribution is 6.30. The zero-order valence-corrected chi connectivity index (χ0v) is 10.5. The van der Waals surface area contributed by atoms with Crippen molar-refractivity contribution in [1.29, 1.82) is 5.41 Å². The lowest BCUT2D eigenvalue weighted by Gasteiger charge is -2.19. The zero-order chi connectivity index (χ0) is 15.5. The number of hydrogen-bond acceptors (Lipinski definition) is 4. The van der Waals surface area contributed by atoms with E-state index < -0.39 is 35.1 Å². The molecule has 1 aromatic rings. The molecule has 0 saturated heterocycles. The number of hydrogen-bond donors (Lipinski definition) is 2. The Hall–Kier alpha value is -2.03. The summed E-state index contributed by atoms with van der Waals surface area (Å²) in [4.78, 5) is 9.89. The van der Waals surface area contributed by atoms with E-state index in [0.717, 1.165) is 12.1 Å². The van der Waals surface area contributed by atoms with Crippen molar-refractivity contribution in [3.63, 3.8) is 0 Å². The highest BCUT2D eigenvalue weighted by atomic mass is 35.5. The molecule has 0 heterocycles. The number of nitro groups is 1. The Morgan fingerprint density at radius 2 is 2.15 bits per heavy atom. The first-order chi connectivity index (χ1) is 9.12. The summed E-state index contributed by atoms with van der Waals surface area (Å²) in [6.07, 6.45) is -4.77. The average Bonchev–Trinajstić information content (AvgIpc) is 2.28. The quantitative estimate of drug-likeness (QED) is 0.378. The van der Waals surface area contributed by atoms with Gasteiger partial charge < -0.3 is 10.5 Å². The van der Waals surface area contributed by atoms with Crippen LogP contribution in [0.1, 0.15) is 0 Å². The minimum absolute atomic E-state index is 0.0444. The summed E-state index contributed by atoms with van der Waals surface area (Å²) >= 11 is 5.55. The first kappa shape index (κ1) is 16.0. The molecule has 1 unspecified atom stereocenters.